The maximum Gasteiger partial charge on any atom is 0.0715 e. The molecule has 0 saturated carbocycles. The molecule has 1 aromatic rings. The first-order valence-electron chi connectivity index (χ1n) is 9.68. The van der Waals surface area contributed by atoms with Gasteiger partial charge in [0.05, 0.1) is 5.97 Å². The lowest BCUT2D eigenvalue weighted by molar-refractivity contribution is -0.255. The Balaban J connectivity index is 1.74. The molecule has 3 nitrogen and oxygen atoms in total. The number of allylic oxidation sites excluding steroid dienone is 4. The summed E-state index contributed by atoms with van der Waals surface area (Å²) < 4.78 is 0. The molecule has 0 unspecified atom stereocenters. The quantitative estimate of drug-likeness (QED) is 0.796. The van der Waals surface area contributed by atoms with Gasteiger partial charge >= 0.3 is 0 Å². The molecular formula is C22H24NO2-. The molecular weight excluding hydrogens is 310 g/mol. The zero-order valence-electron chi connectivity index (χ0n) is 14.7. The van der Waals surface area contributed by atoms with Gasteiger partial charge in [-0.25, -0.2) is 0 Å². The molecule has 0 saturated heterocycles. The molecule has 2 heterocycles. The Bertz CT molecular complexity index is 776. The summed E-state index contributed by atoms with van der Waals surface area (Å²) in [4.78, 5) is 14.3. The molecule has 3 heteroatoms. The van der Waals surface area contributed by atoms with Crippen molar-refractivity contribution in [3.8, 4) is 0 Å². The van der Waals surface area contributed by atoms with E-state index < -0.39 is 5.97 Å². The van der Waals surface area contributed by atoms with Crippen LogP contribution in [0.1, 0.15) is 65.9 Å². The highest BCUT2D eigenvalue weighted by Gasteiger charge is 2.46. The summed E-state index contributed by atoms with van der Waals surface area (Å²) in [5, 5.41) is 11.6. The number of carboxylic acids is 1. The molecule has 2 aliphatic heterocycles. The van der Waals surface area contributed by atoms with Gasteiger partial charge in [0, 0.05) is 30.1 Å². The number of hydrogen-bond acceptors (Lipinski definition) is 3. The monoisotopic (exact) mass is 334 g/mol. The van der Waals surface area contributed by atoms with E-state index in [-0.39, 0.29) is 0 Å². The number of rotatable bonds is 3. The van der Waals surface area contributed by atoms with Gasteiger partial charge in [-0.3, -0.25) is 0 Å². The fraction of sp³-hybridized carbons (Fsp3) is 0.500. The zero-order valence-corrected chi connectivity index (χ0v) is 14.7. The normalized spacial score (nSPS) is 34.0. The standard InChI is InChI=1S/C22H25NO2/c1-2-5-20-17-9-4-8-16(17)19-11-14(22(24)25)10-18-15-7-3-6-13(15)12-23(20)21(18)19/h3-4,7-8,10-11,13,15-17,20H,2,5-6,9,12H2,1H3,(H,24,25)/p-1/t13-,15+,16+,17-,20-/m1/s1. The van der Waals surface area contributed by atoms with Crippen LogP contribution in [0.3, 0.4) is 0 Å². The van der Waals surface area contributed by atoms with Crippen molar-refractivity contribution in [1.29, 1.82) is 0 Å². The summed E-state index contributed by atoms with van der Waals surface area (Å²) in [5.74, 6) is 0.853. The Kier molecular flexibility index (Phi) is 3.34. The van der Waals surface area contributed by atoms with Crippen LogP contribution in [0.15, 0.2) is 36.4 Å². The molecule has 4 aliphatic rings. The van der Waals surface area contributed by atoms with Crippen LogP contribution < -0.4 is 10.0 Å². The second-order valence-electron chi connectivity index (χ2n) is 8.10. The van der Waals surface area contributed by atoms with Crippen LogP contribution in [-0.4, -0.2) is 18.6 Å². The van der Waals surface area contributed by atoms with E-state index in [0.29, 0.717) is 35.3 Å². The predicted molar refractivity (Wildman–Crippen MR) is 96.8 cm³/mol. The highest BCUT2D eigenvalue weighted by Crippen LogP contribution is 2.55. The maximum atomic E-state index is 11.6. The van der Waals surface area contributed by atoms with Crippen molar-refractivity contribution in [3.63, 3.8) is 0 Å². The molecule has 0 N–H and O–H groups in total. The Morgan fingerprint density at radius 2 is 1.88 bits per heavy atom. The van der Waals surface area contributed by atoms with E-state index in [1.165, 1.54) is 29.7 Å². The molecule has 5 rings (SSSR count). The fourth-order valence-electron chi connectivity index (χ4n) is 5.83. The van der Waals surface area contributed by atoms with E-state index in [0.717, 1.165) is 19.4 Å². The van der Waals surface area contributed by atoms with Gasteiger partial charge in [0.15, 0.2) is 0 Å². The van der Waals surface area contributed by atoms with Crippen LogP contribution in [0.5, 0.6) is 0 Å². The number of nitrogens with zero attached hydrogens (tertiary/aromatic N) is 1. The Labute approximate surface area is 149 Å². The van der Waals surface area contributed by atoms with Gasteiger partial charge in [0.2, 0.25) is 0 Å². The third-order valence-corrected chi connectivity index (χ3v) is 6.82. The third-order valence-electron chi connectivity index (χ3n) is 6.82. The lowest BCUT2D eigenvalue weighted by Gasteiger charge is -2.51. The van der Waals surface area contributed by atoms with Crippen LogP contribution in [0.25, 0.3) is 0 Å². The van der Waals surface area contributed by atoms with Gasteiger partial charge in [-0.2, -0.15) is 0 Å². The highest BCUT2D eigenvalue weighted by molar-refractivity contribution is 5.88. The van der Waals surface area contributed by atoms with Crippen LogP contribution in [0, 0.1) is 11.8 Å². The SMILES string of the molecule is CCC[C@@H]1[C@@H]2CC=C[C@@H]2c2cc(C(=O)[O-])cc3c2N1C[C@H]1CC=C[C@H]31. The molecule has 1 aromatic carbocycles. The molecule has 0 radical (unpaired) electrons. The zero-order chi connectivity index (χ0) is 17.1. The minimum Gasteiger partial charge on any atom is -0.545 e. The predicted octanol–water partition coefficient (Wildman–Crippen LogP) is 3.37. The molecule has 0 fully saturated rings. The summed E-state index contributed by atoms with van der Waals surface area (Å²) >= 11 is 0. The van der Waals surface area contributed by atoms with Gasteiger partial charge in [0.25, 0.3) is 0 Å². The van der Waals surface area contributed by atoms with E-state index in [2.05, 4.69) is 36.1 Å². The number of hydrogen-bond donors (Lipinski definition) is 0. The summed E-state index contributed by atoms with van der Waals surface area (Å²) in [5.41, 5.74) is 4.13. The summed E-state index contributed by atoms with van der Waals surface area (Å²) in [6, 6.07) is 4.37. The van der Waals surface area contributed by atoms with Crippen molar-refractivity contribution < 1.29 is 9.90 Å². The first kappa shape index (κ1) is 15.2. The largest absolute Gasteiger partial charge is 0.545 e. The number of carbonyl (C=O) groups is 1. The van der Waals surface area contributed by atoms with Gasteiger partial charge in [-0.15, -0.1) is 0 Å². The number of aromatic carboxylic acids is 1. The van der Waals surface area contributed by atoms with Gasteiger partial charge < -0.3 is 14.8 Å². The van der Waals surface area contributed by atoms with Crippen LogP contribution in [0.4, 0.5) is 5.69 Å². The molecule has 2 aliphatic carbocycles. The number of carbonyl (C=O) groups excluding carboxylic acids is 1. The lowest BCUT2D eigenvalue weighted by atomic mass is 9.71. The minimum absolute atomic E-state index is 0.350. The second-order valence-corrected chi connectivity index (χ2v) is 8.10. The molecule has 0 aromatic heterocycles. The van der Waals surface area contributed by atoms with Crippen LogP contribution in [0.2, 0.25) is 0 Å². The average molecular weight is 334 g/mol. The van der Waals surface area contributed by atoms with Crippen molar-refractivity contribution in [3.05, 3.63) is 53.1 Å². The number of fused-ring (bicyclic) bond motifs is 4. The van der Waals surface area contributed by atoms with Gasteiger partial charge in [-0.1, -0.05) is 37.6 Å². The van der Waals surface area contributed by atoms with Crippen molar-refractivity contribution in [2.45, 2.75) is 50.5 Å². The maximum absolute atomic E-state index is 11.6. The Morgan fingerprint density at radius 3 is 2.64 bits per heavy atom. The molecule has 0 amide bonds. The molecule has 0 bridgehead atoms. The smallest absolute Gasteiger partial charge is 0.0715 e. The molecule has 130 valence electrons. The van der Waals surface area contributed by atoms with Crippen LogP contribution >= 0.6 is 0 Å². The number of benzene rings is 1. The summed E-state index contributed by atoms with van der Waals surface area (Å²) in [6.45, 7) is 3.38. The topological polar surface area (TPSA) is 43.4 Å². The Hall–Kier alpha value is -2.03. The Morgan fingerprint density at radius 1 is 1.16 bits per heavy atom. The number of carboxylic acid groups (broad SMARTS) is 1. The molecule has 25 heavy (non-hydrogen) atoms. The molecule has 5 atom stereocenters. The number of anilines is 1. The summed E-state index contributed by atoms with van der Waals surface area (Å²) in [6.07, 6.45) is 13.8. The summed E-state index contributed by atoms with van der Waals surface area (Å²) in [7, 11) is 0. The van der Waals surface area contributed by atoms with E-state index in [1.54, 1.807) is 0 Å². The van der Waals surface area contributed by atoms with Crippen molar-refractivity contribution in [2.75, 3.05) is 11.4 Å². The first-order valence-corrected chi connectivity index (χ1v) is 9.68. The van der Waals surface area contributed by atoms with E-state index in [1.807, 2.05) is 12.1 Å². The van der Waals surface area contributed by atoms with Gasteiger partial charge in [0.1, 0.15) is 0 Å². The van der Waals surface area contributed by atoms with E-state index in [9.17, 15) is 9.90 Å². The minimum atomic E-state index is -1.05. The van der Waals surface area contributed by atoms with Gasteiger partial charge in [-0.05, 0) is 59.9 Å². The third kappa shape index (κ3) is 2.08. The first-order chi connectivity index (χ1) is 12.2. The van der Waals surface area contributed by atoms with Crippen LogP contribution in [-0.2, 0) is 0 Å². The van der Waals surface area contributed by atoms with E-state index in [4.69, 9.17) is 0 Å². The van der Waals surface area contributed by atoms with Crippen molar-refractivity contribution in [1.82, 2.24) is 0 Å². The fourth-order valence-corrected chi connectivity index (χ4v) is 5.83. The molecule has 0 spiro atoms. The lowest BCUT2D eigenvalue weighted by Crippen LogP contribution is -2.51. The van der Waals surface area contributed by atoms with E-state index >= 15 is 0 Å². The highest BCUT2D eigenvalue weighted by atomic mass is 16.4. The average Bonchev–Trinajstić information content (AvgIpc) is 3.26. The van der Waals surface area contributed by atoms with Crippen molar-refractivity contribution >= 4 is 11.7 Å². The van der Waals surface area contributed by atoms with Crippen molar-refractivity contribution in [2.24, 2.45) is 11.8 Å². The second kappa shape index (κ2) is 5.48.